The Hall–Kier alpha value is -1.71. The highest BCUT2D eigenvalue weighted by Gasteiger charge is 2.11. The van der Waals surface area contributed by atoms with Crippen molar-refractivity contribution >= 4 is 17.4 Å². The molecule has 0 atom stereocenters. The Morgan fingerprint density at radius 1 is 1.36 bits per heavy atom. The van der Waals surface area contributed by atoms with Crippen LogP contribution in [0.25, 0.3) is 0 Å². The van der Waals surface area contributed by atoms with Gasteiger partial charge in [0.2, 0.25) is 5.91 Å². The maximum Gasteiger partial charge on any atom is 0.221 e. The summed E-state index contributed by atoms with van der Waals surface area (Å²) in [6.45, 7) is 4.59. The number of aromatic nitrogens is 1. The minimum atomic E-state index is -0.196. The van der Waals surface area contributed by atoms with E-state index >= 15 is 0 Å². The van der Waals surface area contributed by atoms with Gasteiger partial charge in [0.05, 0.1) is 16.9 Å². The fourth-order valence-electron chi connectivity index (χ4n) is 1.30. The second-order valence-electron chi connectivity index (χ2n) is 3.06. The quantitative estimate of drug-likeness (QED) is 0.723. The summed E-state index contributed by atoms with van der Waals surface area (Å²) in [5.41, 5.74) is 1.63. The summed E-state index contributed by atoms with van der Waals surface area (Å²) in [6, 6.07) is 1.62. The first-order valence-electron chi connectivity index (χ1n) is 4.26. The van der Waals surface area contributed by atoms with Gasteiger partial charge in [0.15, 0.2) is 5.78 Å². The zero-order chi connectivity index (χ0) is 10.7. The van der Waals surface area contributed by atoms with Gasteiger partial charge in [-0.2, -0.15) is 0 Å². The average Bonchev–Trinajstić information content (AvgIpc) is 2.01. The second-order valence-corrected chi connectivity index (χ2v) is 3.06. The number of hydrogen-bond donors (Lipinski definition) is 1. The highest BCUT2D eigenvalue weighted by molar-refractivity contribution is 6.03. The first-order chi connectivity index (χ1) is 6.52. The van der Waals surface area contributed by atoms with E-state index in [0.29, 0.717) is 16.9 Å². The molecule has 1 amide bonds. The summed E-state index contributed by atoms with van der Waals surface area (Å²) in [5.74, 6) is -0.294. The van der Waals surface area contributed by atoms with E-state index in [1.807, 2.05) is 0 Å². The number of Topliss-reactive ketones (excluding diaryl/α,β-unsaturated/α-hetero) is 1. The van der Waals surface area contributed by atoms with Crippen molar-refractivity contribution in [3.63, 3.8) is 0 Å². The molecule has 1 heterocycles. The highest BCUT2D eigenvalue weighted by Crippen LogP contribution is 2.17. The van der Waals surface area contributed by atoms with Crippen LogP contribution in [-0.2, 0) is 4.79 Å². The number of nitrogens with zero attached hydrogens (tertiary/aromatic N) is 1. The molecule has 74 valence electrons. The standard InChI is InChI=1S/C10H12N2O2/c1-6-10(7(2)13)9(4-5-11-6)12-8(3)14/h4-5H,1-3H3,(H,11,12,14). The zero-order valence-corrected chi connectivity index (χ0v) is 8.42. The van der Waals surface area contributed by atoms with Crippen molar-refractivity contribution in [2.75, 3.05) is 5.32 Å². The van der Waals surface area contributed by atoms with Crippen LogP contribution in [0.3, 0.4) is 0 Å². The van der Waals surface area contributed by atoms with Gasteiger partial charge in [0.1, 0.15) is 0 Å². The first-order valence-corrected chi connectivity index (χ1v) is 4.26. The number of rotatable bonds is 2. The summed E-state index contributed by atoms with van der Waals surface area (Å²) in [7, 11) is 0. The van der Waals surface area contributed by atoms with E-state index in [-0.39, 0.29) is 11.7 Å². The van der Waals surface area contributed by atoms with Gasteiger partial charge >= 0.3 is 0 Å². The van der Waals surface area contributed by atoms with Crippen LogP contribution in [0, 0.1) is 6.92 Å². The van der Waals surface area contributed by atoms with E-state index in [1.165, 1.54) is 13.8 Å². The number of amides is 1. The number of aryl methyl sites for hydroxylation is 1. The van der Waals surface area contributed by atoms with Crippen molar-refractivity contribution in [3.8, 4) is 0 Å². The minimum absolute atomic E-state index is 0.0978. The molecule has 0 aliphatic rings. The van der Waals surface area contributed by atoms with E-state index < -0.39 is 0 Å². The van der Waals surface area contributed by atoms with E-state index in [1.54, 1.807) is 19.2 Å². The van der Waals surface area contributed by atoms with Crippen molar-refractivity contribution in [3.05, 3.63) is 23.5 Å². The Morgan fingerprint density at radius 3 is 2.50 bits per heavy atom. The van der Waals surface area contributed by atoms with Crippen molar-refractivity contribution in [2.45, 2.75) is 20.8 Å². The van der Waals surface area contributed by atoms with Gasteiger partial charge in [-0.15, -0.1) is 0 Å². The molecule has 1 rings (SSSR count). The first kappa shape index (κ1) is 10.4. The molecule has 1 N–H and O–H groups in total. The second kappa shape index (κ2) is 4.00. The Bertz CT molecular complexity index is 386. The van der Waals surface area contributed by atoms with E-state index in [2.05, 4.69) is 10.3 Å². The number of nitrogens with one attached hydrogen (secondary N) is 1. The van der Waals surface area contributed by atoms with Crippen LogP contribution < -0.4 is 5.32 Å². The maximum atomic E-state index is 11.3. The van der Waals surface area contributed by atoms with Gasteiger partial charge in [-0.1, -0.05) is 0 Å². The van der Waals surface area contributed by atoms with Crippen LogP contribution in [0.5, 0.6) is 0 Å². The summed E-state index contributed by atoms with van der Waals surface area (Å²) < 4.78 is 0. The Labute approximate surface area is 82.3 Å². The molecule has 0 radical (unpaired) electrons. The molecular formula is C10H12N2O2. The lowest BCUT2D eigenvalue weighted by molar-refractivity contribution is -0.114. The molecule has 0 fully saturated rings. The lowest BCUT2D eigenvalue weighted by Crippen LogP contribution is -2.11. The lowest BCUT2D eigenvalue weighted by Gasteiger charge is -2.08. The molecule has 0 unspecified atom stereocenters. The molecule has 0 aliphatic heterocycles. The minimum Gasteiger partial charge on any atom is -0.326 e. The molecule has 1 aromatic heterocycles. The molecule has 14 heavy (non-hydrogen) atoms. The van der Waals surface area contributed by atoms with Gasteiger partial charge in [-0.25, -0.2) is 0 Å². The molecule has 4 nitrogen and oxygen atoms in total. The summed E-state index contributed by atoms with van der Waals surface area (Å²) in [4.78, 5) is 26.1. The number of anilines is 1. The normalized spacial score (nSPS) is 9.64. The monoisotopic (exact) mass is 192 g/mol. The molecular weight excluding hydrogens is 180 g/mol. The summed E-state index contributed by atoms with van der Waals surface area (Å²) in [5, 5.41) is 2.60. The summed E-state index contributed by atoms with van der Waals surface area (Å²) in [6.07, 6.45) is 1.56. The van der Waals surface area contributed by atoms with Gasteiger partial charge in [0.25, 0.3) is 0 Å². The number of hydrogen-bond acceptors (Lipinski definition) is 3. The van der Waals surface area contributed by atoms with Gasteiger partial charge in [0, 0.05) is 13.1 Å². The fourth-order valence-corrected chi connectivity index (χ4v) is 1.30. The SMILES string of the molecule is CC(=O)Nc1ccnc(C)c1C(C)=O. The lowest BCUT2D eigenvalue weighted by atomic mass is 10.1. The van der Waals surface area contributed by atoms with Crippen LogP contribution in [0.2, 0.25) is 0 Å². The molecule has 4 heteroatoms. The van der Waals surface area contributed by atoms with Crippen molar-refractivity contribution in [2.24, 2.45) is 0 Å². The molecule has 0 aliphatic carbocycles. The van der Waals surface area contributed by atoms with Gasteiger partial charge in [-0.05, 0) is 19.9 Å². The molecule has 0 spiro atoms. The van der Waals surface area contributed by atoms with Crippen molar-refractivity contribution in [1.29, 1.82) is 0 Å². The number of ketones is 1. The Morgan fingerprint density at radius 2 is 2.00 bits per heavy atom. The third-order valence-corrected chi connectivity index (χ3v) is 1.80. The Kier molecular flexibility index (Phi) is 2.96. The van der Waals surface area contributed by atoms with E-state index in [9.17, 15) is 9.59 Å². The third-order valence-electron chi connectivity index (χ3n) is 1.80. The van der Waals surface area contributed by atoms with Gasteiger partial charge < -0.3 is 5.32 Å². The van der Waals surface area contributed by atoms with E-state index in [4.69, 9.17) is 0 Å². The Balaban J connectivity index is 3.21. The number of carbonyl (C=O) groups is 2. The van der Waals surface area contributed by atoms with E-state index in [0.717, 1.165) is 0 Å². The molecule has 1 aromatic rings. The number of carbonyl (C=O) groups excluding carboxylic acids is 2. The van der Waals surface area contributed by atoms with Gasteiger partial charge in [-0.3, -0.25) is 14.6 Å². The highest BCUT2D eigenvalue weighted by atomic mass is 16.1. The topological polar surface area (TPSA) is 59.1 Å². The van der Waals surface area contributed by atoms with Crippen molar-refractivity contribution < 1.29 is 9.59 Å². The van der Waals surface area contributed by atoms with Crippen LogP contribution in [-0.4, -0.2) is 16.7 Å². The summed E-state index contributed by atoms with van der Waals surface area (Å²) >= 11 is 0. The predicted octanol–water partition coefficient (Wildman–Crippen LogP) is 1.55. The fraction of sp³-hybridized carbons (Fsp3) is 0.300. The molecule has 0 bridgehead atoms. The maximum absolute atomic E-state index is 11.3. The van der Waals surface area contributed by atoms with Crippen molar-refractivity contribution in [1.82, 2.24) is 4.98 Å². The largest absolute Gasteiger partial charge is 0.326 e. The van der Waals surface area contributed by atoms with Crippen LogP contribution in [0.4, 0.5) is 5.69 Å². The smallest absolute Gasteiger partial charge is 0.221 e. The molecule has 0 saturated heterocycles. The zero-order valence-electron chi connectivity index (χ0n) is 8.42. The predicted molar refractivity (Wildman–Crippen MR) is 53.3 cm³/mol. The molecule has 0 aromatic carbocycles. The van der Waals surface area contributed by atoms with Crippen LogP contribution >= 0.6 is 0 Å². The average molecular weight is 192 g/mol. The molecule has 0 saturated carbocycles. The third kappa shape index (κ3) is 2.16. The van der Waals surface area contributed by atoms with Crippen LogP contribution in [0.1, 0.15) is 29.9 Å². The number of pyridine rings is 1. The van der Waals surface area contributed by atoms with Crippen LogP contribution in [0.15, 0.2) is 12.3 Å².